The molecular weight excluding hydrogens is 458 g/mol. The van der Waals surface area contributed by atoms with Gasteiger partial charge in [0.2, 0.25) is 11.6 Å². The van der Waals surface area contributed by atoms with Crippen LogP contribution in [-0.4, -0.2) is 48.3 Å². The first-order valence-electron chi connectivity index (χ1n) is 11.5. The van der Waals surface area contributed by atoms with Gasteiger partial charge in [0, 0.05) is 11.1 Å². The number of aromatic nitrogens is 6. The molecule has 0 spiro atoms. The van der Waals surface area contributed by atoms with Crippen LogP contribution in [0.15, 0.2) is 60.7 Å². The maximum absolute atomic E-state index is 13.7. The number of carbonyl (C=O) groups excluding carboxylic acids is 3. The lowest BCUT2D eigenvalue weighted by molar-refractivity contribution is -0.135. The van der Waals surface area contributed by atoms with Gasteiger partial charge in [-0.1, -0.05) is 62.4 Å². The standard InChI is InChI=1S/C26H23N7O3/c1-14(2)16-5-9-18(10-6-16)23(34)21-22(17-7-11-19(12-8-17)25-29-31-32-30-25)33(26(36)24(21)35)20-13-4-15(3)27-28-20/h4-14,21-22H,1-3H3,(H,29,30,31,32). The van der Waals surface area contributed by atoms with Gasteiger partial charge in [-0.25, -0.2) is 0 Å². The number of rotatable bonds is 6. The third-order valence-electron chi connectivity index (χ3n) is 6.34. The minimum atomic E-state index is -1.23. The van der Waals surface area contributed by atoms with Crippen molar-refractivity contribution in [3.8, 4) is 11.4 Å². The molecule has 36 heavy (non-hydrogen) atoms. The van der Waals surface area contributed by atoms with Gasteiger partial charge >= 0.3 is 0 Å². The van der Waals surface area contributed by atoms with Crippen LogP contribution in [0.3, 0.4) is 0 Å². The first kappa shape index (κ1) is 23.2. The number of hydrogen-bond donors (Lipinski definition) is 1. The number of nitrogens with one attached hydrogen (secondary N) is 1. The highest BCUT2D eigenvalue weighted by Crippen LogP contribution is 2.41. The molecule has 1 N–H and O–H groups in total. The molecule has 180 valence electrons. The van der Waals surface area contributed by atoms with E-state index < -0.39 is 29.4 Å². The van der Waals surface area contributed by atoms with E-state index in [-0.39, 0.29) is 5.82 Å². The molecule has 5 rings (SSSR count). The molecule has 2 atom stereocenters. The molecule has 0 aliphatic carbocycles. The Labute approximate surface area is 206 Å². The van der Waals surface area contributed by atoms with Crippen LogP contribution in [0.2, 0.25) is 0 Å². The Kier molecular flexibility index (Phi) is 5.93. The van der Waals surface area contributed by atoms with Crippen molar-refractivity contribution in [2.24, 2.45) is 5.92 Å². The minimum Gasteiger partial charge on any atom is -0.293 e. The highest BCUT2D eigenvalue weighted by molar-refractivity contribution is 6.48. The summed E-state index contributed by atoms with van der Waals surface area (Å²) in [6, 6.07) is 16.6. The Balaban J connectivity index is 1.59. The van der Waals surface area contributed by atoms with Crippen LogP contribution >= 0.6 is 0 Å². The topological polar surface area (TPSA) is 135 Å². The minimum absolute atomic E-state index is 0.205. The summed E-state index contributed by atoms with van der Waals surface area (Å²) in [6.45, 7) is 5.89. The van der Waals surface area contributed by atoms with Crippen LogP contribution in [0, 0.1) is 12.8 Å². The number of nitrogens with zero attached hydrogens (tertiary/aromatic N) is 6. The van der Waals surface area contributed by atoms with E-state index in [1.165, 1.54) is 4.90 Å². The molecule has 4 aromatic rings. The second-order valence-electron chi connectivity index (χ2n) is 8.99. The number of Topliss-reactive ketones (excluding diaryl/α,β-unsaturated/α-hetero) is 2. The molecule has 0 radical (unpaired) electrons. The summed E-state index contributed by atoms with van der Waals surface area (Å²) in [5, 5.41) is 22.1. The SMILES string of the molecule is Cc1ccc(N2C(=O)C(=O)C(C(=O)c3ccc(C(C)C)cc3)C2c2ccc(-c3nn[nH]n3)cc2)nn1. The molecule has 1 fully saturated rings. The maximum Gasteiger partial charge on any atom is 0.297 e. The molecule has 1 amide bonds. The first-order chi connectivity index (χ1) is 17.3. The fourth-order valence-electron chi connectivity index (χ4n) is 4.37. The van der Waals surface area contributed by atoms with Crippen LogP contribution in [-0.2, 0) is 9.59 Å². The van der Waals surface area contributed by atoms with Gasteiger partial charge in [-0.05, 0) is 41.3 Å². The van der Waals surface area contributed by atoms with Crippen molar-refractivity contribution in [1.82, 2.24) is 30.8 Å². The van der Waals surface area contributed by atoms with Crippen molar-refractivity contribution in [1.29, 1.82) is 0 Å². The van der Waals surface area contributed by atoms with Crippen LogP contribution in [0.25, 0.3) is 11.4 Å². The molecule has 1 aliphatic heterocycles. The summed E-state index contributed by atoms with van der Waals surface area (Å²) in [4.78, 5) is 41.5. The molecule has 1 aliphatic rings. The number of ketones is 2. The molecule has 0 saturated carbocycles. The molecule has 1 saturated heterocycles. The van der Waals surface area contributed by atoms with Crippen molar-refractivity contribution in [2.45, 2.75) is 32.7 Å². The molecule has 2 aromatic carbocycles. The van der Waals surface area contributed by atoms with Gasteiger partial charge in [0.25, 0.3) is 5.91 Å². The van der Waals surface area contributed by atoms with E-state index in [0.717, 1.165) is 5.56 Å². The van der Waals surface area contributed by atoms with Crippen LogP contribution in [0.4, 0.5) is 5.82 Å². The lowest BCUT2D eigenvalue weighted by Gasteiger charge is -2.26. The number of H-pyrrole nitrogens is 1. The highest BCUT2D eigenvalue weighted by atomic mass is 16.2. The summed E-state index contributed by atoms with van der Waals surface area (Å²) < 4.78 is 0. The summed E-state index contributed by atoms with van der Waals surface area (Å²) in [6.07, 6.45) is 0. The van der Waals surface area contributed by atoms with Crippen LogP contribution in [0.5, 0.6) is 0 Å². The zero-order valence-corrected chi connectivity index (χ0v) is 19.9. The Bertz CT molecular complexity index is 1410. The average molecular weight is 482 g/mol. The molecular formula is C26H23N7O3. The summed E-state index contributed by atoms with van der Waals surface area (Å²) in [7, 11) is 0. The second-order valence-corrected chi connectivity index (χ2v) is 8.99. The van der Waals surface area contributed by atoms with Crippen molar-refractivity contribution in [3.05, 3.63) is 83.0 Å². The number of amides is 1. The highest BCUT2D eigenvalue weighted by Gasteiger charge is 2.52. The van der Waals surface area contributed by atoms with E-state index in [1.807, 2.05) is 12.1 Å². The fraction of sp³-hybridized carbons (Fsp3) is 0.231. The quantitative estimate of drug-likeness (QED) is 0.252. The molecule has 2 unspecified atom stereocenters. The van der Waals surface area contributed by atoms with Gasteiger partial charge in [-0.2, -0.15) is 10.3 Å². The number of hydrogen-bond acceptors (Lipinski definition) is 8. The lowest BCUT2D eigenvalue weighted by atomic mass is 9.85. The molecule has 10 nitrogen and oxygen atoms in total. The van der Waals surface area contributed by atoms with E-state index in [2.05, 4.69) is 44.7 Å². The van der Waals surface area contributed by atoms with Crippen molar-refractivity contribution >= 4 is 23.3 Å². The summed E-state index contributed by atoms with van der Waals surface area (Å²) >= 11 is 0. The smallest absolute Gasteiger partial charge is 0.293 e. The van der Waals surface area contributed by atoms with E-state index in [1.54, 1.807) is 55.5 Å². The lowest BCUT2D eigenvalue weighted by Crippen LogP contribution is -2.31. The number of carbonyl (C=O) groups is 3. The van der Waals surface area contributed by atoms with E-state index in [0.29, 0.717) is 34.1 Å². The van der Waals surface area contributed by atoms with Gasteiger partial charge < -0.3 is 0 Å². The number of aryl methyl sites for hydroxylation is 1. The Morgan fingerprint density at radius 3 is 2.22 bits per heavy atom. The van der Waals surface area contributed by atoms with Crippen molar-refractivity contribution in [3.63, 3.8) is 0 Å². The van der Waals surface area contributed by atoms with Crippen molar-refractivity contribution < 1.29 is 14.4 Å². The van der Waals surface area contributed by atoms with Crippen molar-refractivity contribution in [2.75, 3.05) is 4.90 Å². The maximum atomic E-state index is 13.7. The normalized spacial score (nSPS) is 17.7. The Hall–Kier alpha value is -4.60. The molecule has 2 aromatic heterocycles. The average Bonchev–Trinajstić information content (AvgIpc) is 3.52. The molecule has 3 heterocycles. The third kappa shape index (κ3) is 4.06. The van der Waals surface area contributed by atoms with Gasteiger partial charge in [0.05, 0.1) is 11.7 Å². The van der Waals surface area contributed by atoms with Crippen LogP contribution in [0.1, 0.15) is 53.0 Å². The third-order valence-corrected chi connectivity index (χ3v) is 6.34. The number of aromatic amines is 1. The van der Waals surface area contributed by atoms with Crippen LogP contribution < -0.4 is 4.90 Å². The Morgan fingerprint density at radius 1 is 0.917 bits per heavy atom. The van der Waals surface area contributed by atoms with E-state index >= 15 is 0 Å². The molecule has 0 bridgehead atoms. The summed E-state index contributed by atoms with van der Waals surface area (Å²) in [5.74, 6) is -2.32. The van der Waals surface area contributed by atoms with Gasteiger partial charge in [-0.3, -0.25) is 19.3 Å². The molecule has 10 heteroatoms. The fourth-order valence-corrected chi connectivity index (χ4v) is 4.37. The summed E-state index contributed by atoms with van der Waals surface area (Å²) in [5.41, 5.74) is 3.40. The number of benzene rings is 2. The zero-order valence-electron chi connectivity index (χ0n) is 19.9. The van der Waals surface area contributed by atoms with E-state index in [4.69, 9.17) is 0 Å². The number of anilines is 1. The predicted octanol–water partition coefficient (Wildman–Crippen LogP) is 3.24. The predicted molar refractivity (Wildman–Crippen MR) is 130 cm³/mol. The number of tetrazole rings is 1. The Morgan fingerprint density at radius 2 is 1.64 bits per heavy atom. The van der Waals surface area contributed by atoms with E-state index in [9.17, 15) is 14.4 Å². The zero-order chi connectivity index (χ0) is 25.4. The van der Waals surface area contributed by atoms with Gasteiger partial charge in [0.1, 0.15) is 5.92 Å². The van der Waals surface area contributed by atoms with Gasteiger partial charge in [0.15, 0.2) is 11.6 Å². The van der Waals surface area contributed by atoms with Gasteiger partial charge in [-0.15, -0.1) is 15.3 Å². The second kappa shape index (κ2) is 9.21. The first-order valence-corrected chi connectivity index (χ1v) is 11.5. The largest absolute Gasteiger partial charge is 0.297 e. The monoisotopic (exact) mass is 481 g/mol.